The fraction of sp³-hybridized carbons (Fsp3) is 0.350. The largest absolute Gasteiger partial charge is 0.388 e. The Hall–Kier alpha value is -2.25. The Labute approximate surface area is 152 Å². The summed E-state index contributed by atoms with van der Waals surface area (Å²) in [5, 5.41) is 20.2. The van der Waals surface area contributed by atoms with E-state index in [0.717, 1.165) is 48.6 Å². The topological polar surface area (TPSA) is 70.8 Å². The monoisotopic (exact) mass is 353 g/mol. The van der Waals surface area contributed by atoms with Gasteiger partial charge in [0.2, 0.25) is 0 Å². The van der Waals surface area contributed by atoms with Gasteiger partial charge in [-0.1, -0.05) is 24.3 Å². The lowest BCUT2D eigenvalue weighted by Crippen LogP contribution is -2.38. The molecule has 2 heterocycles. The average Bonchev–Trinajstić information content (AvgIpc) is 3.07. The first-order valence-electron chi connectivity index (χ1n) is 8.92. The van der Waals surface area contributed by atoms with Crippen LogP contribution in [0.5, 0.6) is 0 Å². The Bertz CT molecular complexity index is 870. The Balaban J connectivity index is 1.58. The molecule has 26 heavy (non-hydrogen) atoms. The van der Waals surface area contributed by atoms with Crippen molar-refractivity contribution in [1.29, 1.82) is 0 Å². The number of para-hydroxylation sites is 2. The van der Waals surface area contributed by atoms with E-state index in [1.165, 1.54) is 0 Å². The molecule has 2 N–H and O–H groups in total. The van der Waals surface area contributed by atoms with E-state index in [1.54, 1.807) is 0 Å². The fourth-order valence-corrected chi connectivity index (χ4v) is 3.45. The molecule has 0 spiro atoms. The van der Waals surface area contributed by atoms with Gasteiger partial charge in [0.25, 0.3) is 0 Å². The number of fused-ring (bicyclic) bond motifs is 1. The fourth-order valence-electron chi connectivity index (χ4n) is 3.45. The second kappa shape index (κ2) is 7.55. The van der Waals surface area contributed by atoms with Crippen molar-refractivity contribution in [2.75, 3.05) is 32.8 Å². The number of nitrogens with zero attached hydrogens (tertiary/aromatic N) is 3. The molecule has 0 saturated carbocycles. The molecule has 0 aliphatic carbocycles. The molecular weight excluding hydrogens is 330 g/mol. The summed E-state index contributed by atoms with van der Waals surface area (Å²) >= 11 is 0. The number of ether oxygens (including phenoxy) is 1. The zero-order chi connectivity index (χ0) is 17.9. The van der Waals surface area contributed by atoms with Gasteiger partial charge in [-0.25, -0.2) is 4.98 Å². The molecule has 4 rings (SSSR count). The minimum Gasteiger partial charge on any atom is -0.388 e. The Morgan fingerprint density at radius 2 is 1.77 bits per heavy atom. The minimum atomic E-state index is -0.529. The summed E-state index contributed by atoms with van der Waals surface area (Å²) in [4.78, 5) is 6.71. The molecule has 0 unspecified atom stereocenters. The van der Waals surface area contributed by atoms with Crippen LogP contribution in [0.1, 0.15) is 17.5 Å². The number of morpholine rings is 1. The summed E-state index contributed by atoms with van der Waals surface area (Å²) in [5.41, 5.74) is 3.62. The molecule has 6 heteroatoms. The third kappa shape index (κ3) is 3.37. The van der Waals surface area contributed by atoms with Gasteiger partial charge in [0.05, 0.1) is 30.4 Å². The molecular formula is C20H23N3O3. The highest BCUT2D eigenvalue weighted by Crippen LogP contribution is 2.23. The van der Waals surface area contributed by atoms with Crippen LogP contribution in [0.15, 0.2) is 48.5 Å². The Morgan fingerprint density at radius 1 is 1.04 bits per heavy atom. The number of benzene rings is 2. The second-order valence-electron chi connectivity index (χ2n) is 6.53. The number of aliphatic hydroxyl groups excluding tert-OH is 2. The van der Waals surface area contributed by atoms with Crippen molar-refractivity contribution in [3.8, 4) is 5.69 Å². The van der Waals surface area contributed by atoms with Crippen LogP contribution in [0.3, 0.4) is 0 Å². The summed E-state index contributed by atoms with van der Waals surface area (Å²) in [6, 6.07) is 15.6. The van der Waals surface area contributed by atoms with E-state index in [0.29, 0.717) is 12.4 Å². The lowest BCUT2D eigenvalue weighted by molar-refractivity contribution is 0.0143. The summed E-state index contributed by atoms with van der Waals surface area (Å²) in [6.07, 6.45) is -0.529. The van der Waals surface area contributed by atoms with Crippen LogP contribution in [-0.4, -0.2) is 57.5 Å². The van der Waals surface area contributed by atoms with Gasteiger partial charge >= 0.3 is 0 Å². The van der Waals surface area contributed by atoms with Gasteiger partial charge in [0.1, 0.15) is 12.4 Å². The minimum absolute atomic E-state index is 0.129. The molecule has 136 valence electrons. The van der Waals surface area contributed by atoms with Crippen molar-refractivity contribution in [2.45, 2.75) is 12.7 Å². The van der Waals surface area contributed by atoms with Crippen LogP contribution >= 0.6 is 0 Å². The van der Waals surface area contributed by atoms with Crippen LogP contribution in [0.2, 0.25) is 0 Å². The van der Waals surface area contributed by atoms with Gasteiger partial charge in [0, 0.05) is 25.3 Å². The first-order chi connectivity index (χ1) is 12.8. The molecule has 0 radical (unpaired) electrons. The number of rotatable bonds is 5. The summed E-state index contributed by atoms with van der Waals surface area (Å²) in [6.45, 7) is 3.65. The van der Waals surface area contributed by atoms with Crippen molar-refractivity contribution in [1.82, 2.24) is 14.5 Å². The number of imidazole rings is 1. The predicted octanol–water partition coefficient (Wildman–Crippen LogP) is 1.88. The smallest absolute Gasteiger partial charge is 0.140 e. The molecule has 6 nitrogen and oxygen atoms in total. The van der Waals surface area contributed by atoms with Gasteiger partial charge in [-0.3, -0.25) is 9.47 Å². The van der Waals surface area contributed by atoms with E-state index in [2.05, 4.69) is 9.88 Å². The van der Waals surface area contributed by atoms with E-state index < -0.39 is 6.10 Å². The van der Waals surface area contributed by atoms with Crippen molar-refractivity contribution in [3.05, 3.63) is 59.9 Å². The van der Waals surface area contributed by atoms with Gasteiger partial charge in [-0.2, -0.15) is 0 Å². The van der Waals surface area contributed by atoms with Gasteiger partial charge in [-0.05, 0) is 29.8 Å². The molecule has 2 aromatic carbocycles. The van der Waals surface area contributed by atoms with E-state index in [1.807, 2.05) is 53.1 Å². The maximum Gasteiger partial charge on any atom is 0.140 e. The van der Waals surface area contributed by atoms with Crippen molar-refractivity contribution in [2.24, 2.45) is 0 Å². The van der Waals surface area contributed by atoms with E-state index in [-0.39, 0.29) is 6.61 Å². The van der Waals surface area contributed by atoms with E-state index in [9.17, 15) is 10.2 Å². The number of β-amino-alcohol motifs (C(OH)–C–C–N with tert-alkyl or cyclic N) is 1. The second-order valence-corrected chi connectivity index (χ2v) is 6.53. The molecule has 1 aliphatic rings. The molecule has 1 aliphatic heterocycles. The van der Waals surface area contributed by atoms with Crippen molar-refractivity contribution in [3.63, 3.8) is 0 Å². The standard InChI is InChI=1S/C20H23N3O3/c24-14-20-21-17-3-1-2-4-18(17)23(20)16-7-5-15(6-8-16)19(25)13-22-9-11-26-12-10-22/h1-8,19,24-25H,9-14H2/t19-/m1/s1. The predicted molar refractivity (Wildman–Crippen MR) is 99.2 cm³/mol. The van der Waals surface area contributed by atoms with Crippen molar-refractivity contribution >= 4 is 11.0 Å². The molecule has 1 saturated heterocycles. The van der Waals surface area contributed by atoms with Crippen LogP contribution in [0.4, 0.5) is 0 Å². The molecule has 1 fully saturated rings. The highest BCUT2D eigenvalue weighted by Gasteiger charge is 2.17. The molecule has 0 amide bonds. The third-order valence-corrected chi connectivity index (χ3v) is 4.84. The Morgan fingerprint density at radius 3 is 2.50 bits per heavy atom. The Kier molecular flexibility index (Phi) is 4.99. The van der Waals surface area contributed by atoms with Crippen LogP contribution in [0, 0.1) is 0 Å². The van der Waals surface area contributed by atoms with Gasteiger partial charge < -0.3 is 14.9 Å². The van der Waals surface area contributed by atoms with Crippen LogP contribution in [0.25, 0.3) is 16.7 Å². The number of hydrogen-bond donors (Lipinski definition) is 2. The number of aliphatic hydroxyl groups is 2. The number of aromatic nitrogens is 2. The SMILES string of the molecule is OCc1nc2ccccc2n1-c1ccc([C@H](O)CN2CCOCC2)cc1. The normalized spacial score (nSPS) is 16.8. The summed E-state index contributed by atoms with van der Waals surface area (Å²) < 4.78 is 7.30. The molecule has 1 atom stereocenters. The average molecular weight is 353 g/mol. The molecule has 1 aromatic heterocycles. The first-order valence-corrected chi connectivity index (χ1v) is 8.92. The first kappa shape index (κ1) is 17.2. The highest BCUT2D eigenvalue weighted by atomic mass is 16.5. The maximum atomic E-state index is 10.5. The lowest BCUT2D eigenvalue weighted by Gasteiger charge is -2.28. The van der Waals surface area contributed by atoms with E-state index in [4.69, 9.17) is 4.74 Å². The number of hydrogen-bond acceptors (Lipinski definition) is 5. The summed E-state index contributed by atoms with van der Waals surface area (Å²) in [7, 11) is 0. The lowest BCUT2D eigenvalue weighted by atomic mass is 10.1. The summed E-state index contributed by atoms with van der Waals surface area (Å²) in [5.74, 6) is 0.604. The zero-order valence-corrected chi connectivity index (χ0v) is 14.6. The molecule has 3 aromatic rings. The third-order valence-electron chi connectivity index (χ3n) is 4.84. The van der Waals surface area contributed by atoms with Gasteiger partial charge in [0.15, 0.2) is 0 Å². The van der Waals surface area contributed by atoms with E-state index >= 15 is 0 Å². The maximum absolute atomic E-state index is 10.5. The van der Waals surface area contributed by atoms with Crippen molar-refractivity contribution < 1.29 is 14.9 Å². The molecule has 0 bridgehead atoms. The van der Waals surface area contributed by atoms with Crippen LogP contribution in [-0.2, 0) is 11.3 Å². The van der Waals surface area contributed by atoms with Gasteiger partial charge in [-0.15, -0.1) is 0 Å². The zero-order valence-electron chi connectivity index (χ0n) is 14.6. The van der Waals surface area contributed by atoms with Crippen LogP contribution < -0.4 is 0 Å². The highest BCUT2D eigenvalue weighted by molar-refractivity contribution is 5.78. The quantitative estimate of drug-likeness (QED) is 0.733.